The highest BCUT2D eigenvalue weighted by Crippen LogP contribution is 2.34. The van der Waals surface area contributed by atoms with E-state index in [1.54, 1.807) is 18.2 Å². The summed E-state index contributed by atoms with van der Waals surface area (Å²) >= 11 is 5.26. The number of hydrogen-bond donors (Lipinski definition) is 0. The number of ether oxygens (including phenoxy) is 2. The lowest BCUT2D eigenvalue weighted by Crippen LogP contribution is -2.49. The van der Waals surface area contributed by atoms with Gasteiger partial charge in [0.15, 0.2) is 23.3 Å². The number of anilines is 1. The Morgan fingerprint density at radius 3 is 1.79 bits per heavy atom. The van der Waals surface area contributed by atoms with E-state index in [9.17, 15) is 22.4 Å². The summed E-state index contributed by atoms with van der Waals surface area (Å²) in [5, 5.41) is -1.23. The van der Waals surface area contributed by atoms with Crippen molar-refractivity contribution in [2.24, 2.45) is 0 Å². The first-order valence-electron chi connectivity index (χ1n) is 8.57. The lowest BCUT2D eigenvalue weighted by Gasteiger charge is -2.36. The molecule has 0 unspecified atom stereocenters. The van der Waals surface area contributed by atoms with E-state index in [0.717, 1.165) is 4.90 Å². The van der Waals surface area contributed by atoms with E-state index >= 15 is 0 Å². The number of benzene rings is 2. The number of rotatable bonds is 4. The van der Waals surface area contributed by atoms with Crippen molar-refractivity contribution >= 4 is 23.2 Å². The van der Waals surface area contributed by atoms with Gasteiger partial charge >= 0.3 is 0 Å². The van der Waals surface area contributed by atoms with Crippen LogP contribution in [0.4, 0.5) is 23.2 Å². The molecule has 0 radical (unpaired) electrons. The molecule has 0 aliphatic carbocycles. The van der Waals surface area contributed by atoms with Gasteiger partial charge in [-0.2, -0.15) is 0 Å². The molecule has 10 heteroatoms. The molecule has 156 valence electrons. The van der Waals surface area contributed by atoms with Gasteiger partial charge in [0.05, 0.1) is 14.2 Å². The number of carbonyl (C=O) groups excluding carboxylic acids is 1. The first-order valence-corrected chi connectivity index (χ1v) is 8.95. The van der Waals surface area contributed by atoms with E-state index in [1.807, 2.05) is 0 Å². The molecule has 5 nitrogen and oxygen atoms in total. The van der Waals surface area contributed by atoms with E-state index in [4.69, 9.17) is 21.1 Å². The molecule has 1 aliphatic rings. The fourth-order valence-corrected chi connectivity index (χ4v) is 3.28. The van der Waals surface area contributed by atoms with Crippen LogP contribution in [0, 0.1) is 23.3 Å². The highest BCUT2D eigenvalue weighted by Gasteiger charge is 2.31. The van der Waals surface area contributed by atoms with Crippen molar-refractivity contribution in [3.8, 4) is 11.5 Å². The minimum Gasteiger partial charge on any atom is -0.497 e. The van der Waals surface area contributed by atoms with Crippen molar-refractivity contribution < 1.29 is 31.8 Å². The van der Waals surface area contributed by atoms with Crippen LogP contribution in [-0.2, 0) is 0 Å². The normalized spacial score (nSPS) is 14.2. The Morgan fingerprint density at radius 2 is 1.34 bits per heavy atom. The molecule has 0 aromatic heterocycles. The predicted molar refractivity (Wildman–Crippen MR) is 98.9 cm³/mol. The fourth-order valence-electron chi connectivity index (χ4n) is 3.12. The topological polar surface area (TPSA) is 42.0 Å². The van der Waals surface area contributed by atoms with E-state index in [1.165, 1.54) is 19.1 Å². The highest BCUT2D eigenvalue weighted by atomic mass is 35.5. The van der Waals surface area contributed by atoms with E-state index in [2.05, 4.69) is 0 Å². The number of methoxy groups -OCH3 is 2. The summed E-state index contributed by atoms with van der Waals surface area (Å²) in [6.45, 7) is 0.120. The molecule has 29 heavy (non-hydrogen) atoms. The molecule has 1 amide bonds. The molecule has 1 saturated heterocycles. The molecule has 0 saturated carbocycles. The van der Waals surface area contributed by atoms with Crippen molar-refractivity contribution in [1.82, 2.24) is 4.90 Å². The minimum atomic E-state index is -1.65. The molecule has 0 bridgehead atoms. The standard InChI is InChI=1S/C19H17ClF4N2O3/c1-28-11-7-10(8-12(9-11)29-2)19(27)26-5-3-25(4-6-26)18-16(23)14(21)13(20)15(22)17(18)24/h7-9H,3-6H2,1-2H3. The Hall–Kier alpha value is -2.68. The fraction of sp³-hybridized carbons (Fsp3) is 0.316. The third kappa shape index (κ3) is 3.91. The molecule has 0 N–H and O–H groups in total. The van der Waals surface area contributed by atoms with Crippen LogP contribution >= 0.6 is 11.6 Å². The summed E-state index contributed by atoms with van der Waals surface area (Å²) in [4.78, 5) is 15.4. The van der Waals surface area contributed by atoms with E-state index < -0.39 is 34.0 Å². The average Bonchev–Trinajstić information content (AvgIpc) is 2.76. The maximum Gasteiger partial charge on any atom is 0.254 e. The summed E-state index contributed by atoms with van der Waals surface area (Å²) < 4.78 is 66.1. The second-order valence-corrected chi connectivity index (χ2v) is 6.68. The zero-order chi connectivity index (χ0) is 21.3. The van der Waals surface area contributed by atoms with Crippen LogP contribution in [-0.4, -0.2) is 51.2 Å². The smallest absolute Gasteiger partial charge is 0.254 e. The van der Waals surface area contributed by atoms with Gasteiger partial charge < -0.3 is 19.3 Å². The lowest BCUT2D eigenvalue weighted by atomic mass is 10.1. The Morgan fingerprint density at radius 1 is 0.862 bits per heavy atom. The molecule has 0 atom stereocenters. The Labute approximate surface area is 169 Å². The second kappa shape index (κ2) is 8.36. The van der Waals surface area contributed by atoms with Gasteiger partial charge in [-0.25, -0.2) is 17.6 Å². The van der Waals surface area contributed by atoms with Crippen LogP contribution in [0.25, 0.3) is 0 Å². The van der Waals surface area contributed by atoms with Crippen LogP contribution in [0.1, 0.15) is 10.4 Å². The number of halogens is 5. The van der Waals surface area contributed by atoms with Gasteiger partial charge in [-0.15, -0.1) is 0 Å². The summed E-state index contributed by atoms with van der Waals surface area (Å²) in [5.74, 6) is -5.90. The van der Waals surface area contributed by atoms with Gasteiger partial charge in [-0.3, -0.25) is 4.79 Å². The minimum absolute atomic E-state index is 0.0266. The Balaban J connectivity index is 1.79. The van der Waals surface area contributed by atoms with Gasteiger partial charge in [0.2, 0.25) is 0 Å². The highest BCUT2D eigenvalue weighted by molar-refractivity contribution is 6.31. The van der Waals surface area contributed by atoms with Crippen LogP contribution < -0.4 is 14.4 Å². The van der Waals surface area contributed by atoms with Crippen LogP contribution in [0.2, 0.25) is 5.02 Å². The van der Waals surface area contributed by atoms with Crippen molar-refractivity contribution in [3.63, 3.8) is 0 Å². The summed E-state index contributed by atoms with van der Waals surface area (Å²) in [6.07, 6.45) is 0. The number of nitrogens with zero attached hydrogens (tertiary/aromatic N) is 2. The molecular weight excluding hydrogens is 416 g/mol. The van der Waals surface area contributed by atoms with Crippen LogP contribution in [0.3, 0.4) is 0 Å². The quantitative estimate of drug-likeness (QED) is 0.418. The second-order valence-electron chi connectivity index (χ2n) is 6.30. The number of carbonyl (C=O) groups is 1. The summed E-state index contributed by atoms with van der Waals surface area (Å²) in [7, 11) is 2.91. The first-order chi connectivity index (χ1) is 13.8. The number of piperazine rings is 1. The monoisotopic (exact) mass is 432 g/mol. The van der Waals surface area contributed by atoms with Gasteiger partial charge in [-0.1, -0.05) is 11.6 Å². The maximum absolute atomic E-state index is 14.2. The van der Waals surface area contributed by atoms with Gasteiger partial charge in [0.1, 0.15) is 22.2 Å². The molecule has 1 heterocycles. The van der Waals surface area contributed by atoms with Gasteiger partial charge in [-0.05, 0) is 12.1 Å². The molecule has 2 aromatic rings. The number of hydrogen-bond acceptors (Lipinski definition) is 4. The molecular formula is C19H17ClF4N2O3. The average molecular weight is 433 g/mol. The SMILES string of the molecule is COc1cc(OC)cc(C(=O)N2CCN(c3c(F)c(F)c(Cl)c(F)c3F)CC2)c1. The van der Waals surface area contributed by atoms with Crippen LogP contribution in [0.15, 0.2) is 18.2 Å². The van der Waals surface area contributed by atoms with E-state index in [0.29, 0.717) is 17.1 Å². The molecule has 1 fully saturated rings. The maximum atomic E-state index is 14.2. The zero-order valence-corrected chi connectivity index (χ0v) is 16.3. The zero-order valence-electron chi connectivity index (χ0n) is 15.6. The Bertz CT molecular complexity index is 898. The summed E-state index contributed by atoms with van der Waals surface area (Å²) in [5.41, 5.74) is -0.518. The number of amides is 1. The van der Waals surface area contributed by atoms with Crippen molar-refractivity contribution in [2.75, 3.05) is 45.3 Å². The van der Waals surface area contributed by atoms with E-state index in [-0.39, 0.29) is 32.1 Å². The largest absolute Gasteiger partial charge is 0.497 e. The van der Waals surface area contributed by atoms with Crippen molar-refractivity contribution in [1.29, 1.82) is 0 Å². The molecule has 3 rings (SSSR count). The summed E-state index contributed by atoms with van der Waals surface area (Å²) in [6, 6.07) is 4.70. The molecule has 0 spiro atoms. The van der Waals surface area contributed by atoms with Crippen LogP contribution in [0.5, 0.6) is 11.5 Å². The first kappa shape index (κ1) is 21.0. The predicted octanol–water partition coefficient (Wildman–Crippen LogP) is 3.88. The third-order valence-electron chi connectivity index (χ3n) is 4.67. The molecule has 2 aromatic carbocycles. The van der Waals surface area contributed by atoms with Crippen molar-refractivity contribution in [2.45, 2.75) is 0 Å². The lowest BCUT2D eigenvalue weighted by molar-refractivity contribution is 0.0745. The third-order valence-corrected chi connectivity index (χ3v) is 5.00. The molecule has 1 aliphatic heterocycles. The Kier molecular flexibility index (Phi) is 6.07. The van der Waals surface area contributed by atoms with Gasteiger partial charge in [0, 0.05) is 37.8 Å². The van der Waals surface area contributed by atoms with Gasteiger partial charge in [0.25, 0.3) is 5.91 Å². The van der Waals surface area contributed by atoms with Crippen molar-refractivity contribution in [3.05, 3.63) is 52.1 Å².